The van der Waals surface area contributed by atoms with Crippen LogP contribution in [-0.2, 0) is 15.0 Å². The first-order valence-electron chi connectivity index (χ1n) is 5.34. The highest BCUT2D eigenvalue weighted by molar-refractivity contribution is 7.86. The van der Waals surface area contributed by atoms with Crippen LogP contribution in [0.1, 0.15) is 6.42 Å². The Morgan fingerprint density at radius 1 is 1.33 bits per heavy atom. The molecule has 4 nitrogen and oxygen atoms in total. The van der Waals surface area contributed by atoms with Gasteiger partial charge in [0, 0.05) is 18.9 Å². The molecule has 0 N–H and O–H groups in total. The molecular weight excluding hydrogens is 264 g/mol. The number of halogens is 2. The second-order valence-electron chi connectivity index (χ2n) is 4.23. The van der Waals surface area contributed by atoms with Gasteiger partial charge >= 0.3 is 10.2 Å². The zero-order valence-corrected chi connectivity index (χ0v) is 10.2. The van der Waals surface area contributed by atoms with Gasteiger partial charge in [0.25, 0.3) is 0 Å². The monoisotopic (exact) mass is 275 g/mol. The summed E-state index contributed by atoms with van der Waals surface area (Å²) in [7, 11) is -4.62. The lowest BCUT2D eigenvalue weighted by molar-refractivity contribution is -0.117. The minimum absolute atomic E-state index is 0.0168. The molecule has 0 spiro atoms. The molecular formula is C11H11F2NO3S. The van der Waals surface area contributed by atoms with Gasteiger partial charge in [-0.3, -0.25) is 4.79 Å². The zero-order valence-electron chi connectivity index (χ0n) is 9.34. The smallest absolute Gasteiger partial charge is 0.302 e. The highest BCUT2D eigenvalue weighted by Gasteiger charge is 2.34. The van der Waals surface area contributed by atoms with Gasteiger partial charge in [0.05, 0.1) is 11.4 Å². The molecule has 1 amide bonds. The molecule has 1 saturated heterocycles. The molecule has 1 unspecified atom stereocenters. The lowest BCUT2D eigenvalue weighted by atomic mass is 10.1. The summed E-state index contributed by atoms with van der Waals surface area (Å²) in [6.07, 6.45) is -0.0858. The van der Waals surface area contributed by atoms with Gasteiger partial charge in [0.1, 0.15) is 5.82 Å². The molecule has 1 atom stereocenters. The zero-order chi connectivity index (χ0) is 13.3. The molecule has 98 valence electrons. The Morgan fingerprint density at radius 2 is 2.00 bits per heavy atom. The number of benzene rings is 1. The van der Waals surface area contributed by atoms with E-state index in [2.05, 4.69) is 0 Å². The Labute approximate surface area is 103 Å². The molecule has 1 aromatic carbocycles. The molecule has 18 heavy (non-hydrogen) atoms. The third kappa shape index (κ3) is 2.84. The van der Waals surface area contributed by atoms with E-state index in [9.17, 15) is 21.5 Å². The van der Waals surface area contributed by atoms with Gasteiger partial charge in [-0.2, -0.15) is 8.42 Å². The first-order valence-corrected chi connectivity index (χ1v) is 6.89. The van der Waals surface area contributed by atoms with Gasteiger partial charge in [0.2, 0.25) is 5.91 Å². The minimum atomic E-state index is -4.62. The van der Waals surface area contributed by atoms with Crippen LogP contribution in [0.5, 0.6) is 0 Å². The van der Waals surface area contributed by atoms with Crippen molar-refractivity contribution < 1.29 is 21.5 Å². The van der Waals surface area contributed by atoms with Crippen LogP contribution < -0.4 is 4.90 Å². The van der Waals surface area contributed by atoms with E-state index in [-0.39, 0.29) is 18.7 Å². The summed E-state index contributed by atoms with van der Waals surface area (Å²) < 4.78 is 47.1. The predicted octanol–water partition coefficient (Wildman–Crippen LogP) is 1.48. The number of rotatable bonds is 3. The van der Waals surface area contributed by atoms with E-state index in [1.165, 1.54) is 18.2 Å². The number of hydrogen-bond donors (Lipinski definition) is 0. The Kier molecular flexibility index (Phi) is 3.34. The van der Waals surface area contributed by atoms with Crippen molar-refractivity contribution in [2.75, 3.05) is 17.2 Å². The number of nitrogens with zero attached hydrogens (tertiary/aromatic N) is 1. The van der Waals surface area contributed by atoms with Crippen molar-refractivity contribution in [3.8, 4) is 0 Å². The Balaban J connectivity index is 2.18. The SMILES string of the molecule is O=C1CC(CS(=O)(=O)F)CN1c1ccccc1F. The molecule has 0 saturated carbocycles. The van der Waals surface area contributed by atoms with Crippen LogP contribution in [0.25, 0.3) is 0 Å². The van der Waals surface area contributed by atoms with Gasteiger partial charge in [-0.1, -0.05) is 12.1 Å². The molecule has 1 heterocycles. The molecule has 7 heteroatoms. The second-order valence-corrected chi connectivity index (χ2v) is 5.64. The molecule has 0 bridgehead atoms. The van der Waals surface area contributed by atoms with Crippen molar-refractivity contribution >= 4 is 21.8 Å². The quantitative estimate of drug-likeness (QED) is 0.785. The first kappa shape index (κ1) is 12.9. The Bertz CT molecular complexity index is 573. The summed E-state index contributed by atoms with van der Waals surface area (Å²) in [5, 5.41) is 0. The third-order valence-electron chi connectivity index (χ3n) is 2.78. The van der Waals surface area contributed by atoms with E-state index < -0.39 is 33.6 Å². The maximum Gasteiger partial charge on any atom is 0.302 e. The van der Waals surface area contributed by atoms with Crippen LogP contribution in [0, 0.1) is 11.7 Å². The highest BCUT2D eigenvalue weighted by atomic mass is 32.3. The van der Waals surface area contributed by atoms with Crippen molar-refractivity contribution in [2.45, 2.75) is 6.42 Å². The van der Waals surface area contributed by atoms with E-state index in [1.807, 2.05) is 0 Å². The van der Waals surface area contributed by atoms with Gasteiger partial charge < -0.3 is 4.90 Å². The number of hydrogen-bond acceptors (Lipinski definition) is 3. The molecule has 0 aliphatic carbocycles. The minimum Gasteiger partial charge on any atom is -0.309 e. The van der Waals surface area contributed by atoms with Crippen LogP contribution in [0.3, 0.4) is 0 Å². The van der Waals surface area contributed by atoms with E-state index in [0.717, 1.165) is 4.90 Å². The summed E-state index contributed by atoms with van der Waals surface area (Å²) in [6, 6.07) is 5.70. The second kappa shape index (κ2) is 4.64. The number of amides is 1. The van der Waals surface area contributed by atoms with Crippen LogP contribution >= 0.6 is 0 Å². The summed E-state index contributed by atoms with van der Waals surface area (Å²) in [4.78, 5) is 12.8. The average molecular weight is 275 g/mol. The maximum absolute atomic E-state index is 13.5. The molecule has 1 aliphatic rings. The molecule has 1 aromatic rings. The van der Waals surface area contributed by atoms with Gasteiger partial charge in [-0.15, -0.1) is 3.89 Å². The number of carbonyl (C=O) groups is 1. The predicted molar refractivity (Wildman–Crippen MR) is 61.8 cm³/mol. The van der Waals surface area contributed by atoms with Gasteiger partial charge in [0.15, 0.2) is 0 Å². The van der Waals surface area contributed by atoms with Crippen LogP contribution in [0.15, 0.2) is 24.3 Å². The fourth-order valence-corrected chi connectivity index (χ4v) is 2.86. The van der Waals surface area contributed by atoms with Crippen molar-refractivity contribution in [3.63, 3.8) is 0 Å². The number of carbonyl (C=O) groups excluding carboxylic acids is 1. The maximum atomic E-state index is 13.5. The van der Waals surface area contributed by atoms with Crippen LogP contribution in [-0.4, -0.2) is 26.6 Å². The third-order valence-corrected chi connectivity index (χ3v) is 3.65. The normalized spacial score (nSPS) is 20.4. The fraction of sp³-hybridized carbons (Fsp3) is 0.364. The van der Waals surface area contributed by atoms with Gasteiger partial charge in [-0.25, -0.2) is 4.39 Å². The van der Waals surface area contributed by atoms with E-state index in [4.69, 9.17) is 0 Å². The lowest BCUT2D eigenvalue weighted by Gasteiger charge is -2.16. The topological polar surface area (TPSA) is 54.5 Å². The van der Waals surface area contributed by atoms with E-state index in [0.29, 0.717) is 0 Å². The number of anilines is 1. The lowest BCUT2D eigenvalue weighted by Crippen LogP contribution is -2.26. The molecule has 2 rings (SSSR count). The summed E-state index contributed by atoms with van der Waals surface area (Å²) in [5.74, 6) is -2.29. The number of para-hydroxylation sites is 1. The van der Waals surface area contributed by atoms with Crippen LogP contribution in [0.2, 0.25) is 0 Å². The summed E-state index contributed by atoms with van der Waals surface area (Å²) in [6.45, 7) is 0.0168. The Morgan fingerprint density at radius 3 is 2.61 bits per heavy atom. The molecule has 0 aromatic heterocycles. The van der Waals surface area contributed by atoms with E-state index >= 15 is 0 Å². The summed E-state index contributed by atoms with van der Waals surface area (Å²) >= 11 is 0. The van der Waals surface area contributed by atoms with E-state index in [1.54, 1.807) is 6.07 Å². The van der Waals surface area contributed by atoms with Crippen molar-refractivity contribution in [3.05, 3.63) is 30.1 Å². The van der Waals surface area contributed by atoms with Crippen molar-refractivity contribution in [1.29, 1.82) is 0 Å². The highest BCUT2D eigenvalue weighted by Crippen LogP contribution is 2.28. The Hall–Kier alpha value is -1.50. The molecule has 1 aliphatic heterocycles. The molecule has 1 fully saturated rings. The van der Waals surface area contributed by atoms with Crippen molar-refractivity contribution in [2.24, 2.45) is 5.92 Å². The molecule has 0 radical (unpaired) electrons. The van der Waals surface area contributed by atoms with Crippen molar-refractivity contribution in [1.82, 2.24) is 0 Å². The van der Waals surface area contributed by atoms with Gasteiger partial charge in [-0.05, 0) is 12.1 Å². The largest absolute Gasteiger partial charge is 0.309 e. The van der Waals surface area contributed by atoms with Crippen LogP contribution in [0.4, 0.5) is 14.0 Å². The standard InChI is InChI=1S/C11H11F2NO3S/c12-9-3-1-2-4-10(9)14-6-8(5-11(14)15)7-18(13,16)17/h1-4,8H,5-7H2. The fourth-order valence-electron chi connectivity index (χ4n) is 2.08. The first-order chi connectivity index (χ1) is 8.37. The summed E-state index contributed by atoms with van der Waals surface area (Å²) in [5.41, 5.74) is 0.0984. The average Bonchev–Trinajstić information content (AvgIpc) is 2.57.